The second-order valence-corrected chi connectivity index (χ2v) is 9.68. The largest absolute Gasteiger partial charge is 1.00 e. The van der Waals surface area contributed by atoms with Crippen LogP contribution < -0.4 is 34.2 Å². The van der Waals surface area contributed by atoms with Crippen molar-refractivity contribution in [3.8, 4) is 10.4 Å². The molecule has 31 heavy (non-hydrogen) atoms. The molecule has 4 rings (SSSR count). The molecule has 5 nitrogen and oxygen atoms in total. The van der Waals surface area contributed by atoms with E-state index in [1.54, 1.807) is 0 Å². The minimum atomic E-state index is -1.21. The molecule has 2 aliphatic rings. The Morgan fingerprint density at radius 2 is 1.68 bits per heavy atom. The maximum absolute atomic E-state index is 13.7. The summed E-state index contributed by atoms with van der Waals surface area (Å²) in [5.41, 5.74) is 1.48. The summed E-state index contributed by atoms with van der Waals surface area (Å²) in [5, 5.41) is 15.4. The number of carboxylic acids is 1. The summed E-state index contributed by atoms with van der Waals surface area (Å²) in [5.74, 6) is -0.480. The van der Waals surface area contributed by atoms with Crippen molar-refractivity contribution in [2.75, 3.05) is 18.0 Å². The number of benzene rings is 1. The van der Waals surface area contributed by atoms with Crippen molar-refractivity contribution in [3.05, 3.63) is 41.3 Å². The quantitative estimate of drug-likeness (QED) is 0.706. The molecule has 2 aromatic rings. The van der Waals surface area contributed by atoms with E-state index in [1.807, 2.05) is 41.3 Å². The molecule has 0 bridgehead atoms. The van der Waals surface area contributed by atoms with Gasteiger partial charge in [0.1, 0.15) is 0 Å². The molecular formula is C24H29LiN2O3S. The molecule has 1 saturated carbocycles. The van der Waals surface area contributed by atoms with Gasteiger partial charge in [-0.2, -0.15) is 0 Å². The number of aromatic carboxylic acids is 1. The van der Waals surface area contributed by atoms with E-state index in [-0.39, 0.29) is 41.6 Å². The Hall–Kier alpha value is -1.58. The summed E-state index contributed by atoms with van der Waals surface area (Å²) in [7, 11) is 0. The Bertz CT molecular complexity index is 887. The van der Waals surface area contributed by atoms with Crippen LogP contribution in [0.5, 0.6) is 0 Å². The summed E-state index contributed by atoms with van der Waals surface area (Å²) in [6.07, 6.45) is 5.55. The molecule has 1 amide bonds. The predicted molar refractivity (Wildman–Crippen MR) is 119 cm³/mol. The molecule has 2 fully saturated rings. The van der Waals surface area contributed by atoms with Crippen LogP contribution in [0, 0.1) is 11.8 Å². The average Bonchev–Trinajstić information content (AvgIpc) is 3.21. The van der Waals surface area contributed by atoms with Gasteiger partial charge in [0.05, 0.1) is 16.5 Å². The van der Waals surface area contributed by atoms with E-state index in [0.29, 0.717) is 11.6 Å². The fraction of sp³-hybridized carbons (Fsp3) is 0.500. The Morgan fingerprint density at radius 3 is 2.29 bits per heavy atom. The molecule has 1 aliphatic heterocycles. The second kappa shape index (κ2) is 10.8. The predicted octanol–water partition coefficient (Wildman–Crippen LogP) is 0.694. The Kier molecular flexibility index (Phi) is 8.41. The number of nitrogens with zero attached hydrogens (tertiary/aromatic N) is 1. The molecule has 0 radical (unpaired) electrons. The number of piperidine rings is 1. The maximum Gasteiger partial charge on any atom is 1.00 e. The molecule has 2 heterocycles. The van der Waals surface area contributed by atoms with Crippen molar-refractivity contribution >= 4 is 28.9 Å². The monoisotopic (exact) mass is 432 g/mol. The van der Waals surface area contributed by atoms with Crippen LogP contribution in [0.2, 0.25) is 0 Å². The van der Waals surface area contributed by atoms with Crippen LogP contribution in [0.3, 0.4) is 0 Å². The van der Waals surface area contributed by atoms with Gasteiger partial charge in [0, 0.05) is 16.8 Å². The Labute approximate surface area is 200 Å². The maximum atomic E-state index is 13.7. The molecule has 1 aromatic carbocycles. The zero-order valence-electron chi connectivity index (χ0n) is 18.4. The van der Waals surface area contributed by atoms with Gasteiger partial charge in [0.25, 0.3) is 0 Å². The second-order valence-electron chi connectivity index (χ2n) is 8.62. The number of hydrogen-bond donors (Lipinski definition) is 1. The van der Waals surface area contributed by atoms with Crippen molar-refractivity contribution in [2.24, 2.45) is 11.8 Å². The fourth-order valence-corrected chi connectivity index (χ4v) is 5.70. The molecule has 1 N–H and O–H groups in total. The van der Waals surface area contributed by atoms with Crippen molar-refractivity contribution in [1.82, 2.24) is 5.32 Å². The van der Waals surface area contributed by atoms with Crippen LogP contribution in [0.1, 0.15) is 55.1 Å². The number of hydrogen-bond acceptors (Lipinski definition) is 5. The Morgan fingerprint density at radius 1 is 1.03 bits per heavy atom. The standard InChI is InChI=1S/C24H30N2O3S.Li/c1-16-7-9-18(10-8-16)23(27)26(19-11-13-25-14-12-19)20-15-21(30-22(20)24(28)29)17-5-3-2-4-6-17;/h2-6,15-16,18-19,25H,7-14H2,1H3,(H,28,29);/q;+1/p-1. The van der Waals surface area contributed by atoms with Crippen LogP contribution in [0.15, 0.2) is 36.4 Å². The number of carbonyl (C=O) groups is 2. The van der Waals surface area contributed by atoms with E-state index in [1.165, 1.54) is 11.3 Å². The number of amides is 1. The molecule has 0 atom stereocenters. The molecule has 1 saturated heterocycles. The first-order valence-corrected chi connectivity index (χ1v) is 11.8. The summed E-state index contributed by atoms with van der Waals surface area (Å²) >= 11 is 1.21. The van der Waals surface area contributed by atoms with E-state index >= 15 is 0 Å². The van der Waals surface area contributed by atoms with E-state index in [9.17, 15) is 14.7 Å². The number of anilines is 1. The average molecular weight is 433 g/mol. The van der Waals surface area contributed by atoms with Gasteiger partial charge in [-0.05, 0) is 69.2 Å². The molecular weight excluding hydrogens is 403 g/mol. The Balaban J connectivity index is 0.00000272. The minimum absolute atomic E-state index is 0. The summed E-state index contributed by atoms with van der Waals surface area (Å²) in [4.78, 5) is 28.6. The van der Waals surface area contributed by atoms with Crippen molar-refractivity contribution in [1.29, 1.82) is 0 Å². The van der Waals surface area contributed by atoms with Crippen LogP contribution in [-0.2, 0) is 4.79 Å². The molecule has 0 unspecified atom stereocenters. The van der Waals surface area contributed by atoms with Gasteiger partial charge < -0.3 is 20.1 Å². The summed E-state index contributed by atoms with van der Waals surface area (Å²) in [6, 6.07) is 11.7. The first-order chi connectivity index (χ1) is 14.5. The molecule has 1 aromatic heterocycles. The number of nitrogens with one attached hydrogen (secondary N) is 1. The van der Waals surface area contributed by atoms with E-state index in [2.05, 4.69) is 12.2 Å². The van der Waals surface area contributed by atoms with Crippen molar-refractivity contribution in [2.45, 2.75) is 51.5 Å². The SMILES string of the molecule is CC1CCC(C(=O)N(c2cc(-c3ccccc3)sc2C(=O)[O-])C2CCNCC2)CC1.[Li+]. The normalized spacial score (nSPS) is 21.8. The molecule has 1 aliphatic carbocycles. The van der Waals surface area contributed by atoms with Gasteiger partial charge in [-0.1, -0.05) is 37.3 Å². The van der Waals surface area contributed by atoms with Gasteiger partial charge in [0.15, 0.2) is 0 Å². The molecule has 7 heteroatoms. The van der Waals surface area contributed by atoms with Crippen LogP contribution in [-0.4, -0.2) is 31.0 Å². The third-order valence-electron chi connectivity index (χ3n) is 6.49. The smallest absolute Gasteiger partial charge is 0.544 e. The topological polar surface area (TPSA) is 72.5 Å². The first-order valence-electron chi connectivity index (χ1n) is 11.0. The van der Waals surface area contributed by atoms with E-state index < -0.39 is 5.97 Å². The van der Waals surface area contributed by atoms with Crippen LogP contribution >= 0.6 is 11.3 Å². The molecule has 0 spiro atoms. The van der Waals surface area contributed by atoms with Crippen LogP contribution in [0.4, 0.5) is 5.69 Å². The zero-order chi connectivity index (χ0) is 21.1. The molecule has 160 valence electrons. The van der Waals surface area contributed by atoms with Crippen LogP contribution in [0.25, 0.3) is 10.4 Å². The van der Waals surface area contributed by atoms with Gasteiger partial charge in [0.2, 0.25) is 5.91 Å². The summed E-state index contributed by atoms with van der Waals surface area (Å²) < 4.78 is 0. The van der Waals surface area contributed by atoms with E-state index in [0.717, 1.165) is 62.1 Å². The first kappa shape index (κ1) is 24.1. The van der Waals surface area contributed by atoms with Crippen molar-refractivity contribution < 1.29 is 33.6 Å². The van der Waals surface area contributed by atoms with Gasteiger partial charge >= 0.3 is 18.9 Å². The third kappa shape index (κ3) is 5.43. The fourth-order valence-electron chi connectivity index (χ4n) is 4.72. The van der Waals surface area contributed by atoms with Gasteiger partial charge in [-0.3, -0.25) is 4.79 Å². The van der Waals surface area contributed by atoms with E-state index in [4.69, 9.17) is 0 Å². The van der Waals surface area contributed by atoms with Crippen molar-refractivity contribution in [3.63, 3.8) is 0 Å². The number of carbonyl (C=O) groups excluding carboxylic acids is 2. The van der Waals surface area contributed by atoms with Gasteiger partial charge in [-0.15, -0.1) is 11.3 Å². The number of carboxylic acid groups (broad SMARTS) is 1. The number of rotatable bonds is 5. The third-order valence-corrected chi connectivity index (χ3v) is 7.65. The summed E-state index contributed by atoms with van der Waals surface area (Å²) in [6.45, 7) is 3.92. The zero-order valence-corrected chi connectivity index (χ0v) is 19.2. The van der Waals surface area contributed by atoms with Gasteiger partial charge in [-0.25, -0.2) is 0 Å². The minimum Gasteiger partial charge on any atom is -0.544 e. The number of thiophene rings is 1.